The number of ether oxygens (including phenoxy) is 1. The third kappa shape index (κ3) is 6.28. The number of nitrogens with one attached hydrogen (secondary N) is 1. The Morgan fingerprint density at radius 1 is 1.09 bits per heavy atom. The van der Waals surface area contributed by atoms with E-state index in [1.54, 1.807) is 18.2 Å². The maximum atomic E-state index is 12.6. The van der Waals surface area contributed by atoms with Gasteiger partial charge in [-0.15, -0.1) is 0 Å². The predicted octanol–water partition coefficient (Wildman–Crippen LogP) is 4.22. The fourth-order valence-corrected chi connectivity index (χ4v) is 3.62. The van der Waals surface area contributed by atoms with Crippen LogP contribution >= 0.6 is 15.9 Å². The average molecular weight is 512 g/mol. The minimum absolute atomic E-state index is 0.0825. The molecule has 1 amide bonds. The van der Waals surface area contributed by atoms with Gasteiger partial charge in [-0.25, -0.2) is 13.6 Å². The SMILES string of the molecule is N#C/C(=C\c1cc(Br)ccc1OCc1ccccc1)C(=O)Nc1ccc(S(N)(=O)=O)cc1. The molecule has 3 aromatic rings. The summed E-state index contributed by atoms with van der Waals surface area (Å²) in [4.78, 5) is 12.5. The van der Waals surface area contributed by atoms with Crippen LogP contribution in [-0.4, -0.2) is 14.3 Å². The van der Waals surface area contributed by atoms with Gasteiger partial charge in [0.2, 0.25) is 10.0 Å². The molecule has 0 aliphatic heterocycles. The zero-order chi connectivity index (χ0) is 23.1. The highest BCUT2D eigenvalue weighted by atomic mass is 79.9. The topological polar surface area (TPSA) is 122 Å². The van der Waals surface area contributed by atoms with Crippen molar-refractivity contribution in [1.29, 1.82) is 5.26 Å². The summed E-state index contributed by atoms with van der Waals surface area (Å²) in [6.45, 7) is 0.327. The van der Waals surface area contributed by atoms with Crippen LogP contribution in [0.4, 0.5) is 5.69 Å². The zero-order valence-corrected chi connectivity index (χ0v) is 19.1. The smallest absolute Gasteiger partial charge is 0.266 e. The molecule has 3 rings (SSSR count). The Hall–Kier alpha value is -3.45. The Bertz CT molecular complexity index is 1300. The van der Waals surface area contributed by atoms with Crippen LogP contribution in [0.1, 0.15) is 11.1 Å². The first-order valence-corrected chi connectivity index (χ1v) is 11.6. The van der Waals surface area contributed by atoms with E-state index in [0.29, 0.717) is 23.6 Å². The largest absolute Gasteiger partial charge is 0.488 e. The van der Waals surface area contributed by atoms with Crippen LogP contribution in [0.25, 0.3) is 6.08 Å². The Kier molecular flexibility index (Phi) is 7.43. The van der Waals surface area contributed by atoms with Gasteiger partial charge >= 0.3 is 0 Å². The number of nitrogens with two attached hydrogens (primary N) is 1. The monoisotopic (exact) mass is 511 g/mol. The first-order chi connectivity index (χ1) is 15.3. The predicted molar refractivity (Wildman–Crippen MR) is 125 cm³/mol. The Labute approximate surface area is 194 Å². The number of amides is 1. The van der Waals surface area contributed by atoms with E-state index in [-0.39, 0.29) is 10.5 Å². The van der Waals surface area contributed by atoms with Crippen molar-refractivity contribution in [3.05, 3.63) is 94.0 Å². The van der Waals surface area contributed by atoms with Crippen molar-refractivity contribution in [2.75, 3.05) is 5.32 Å². The summed E-state index contributed by atoms with van der Waals surface area (Å²) in [6, 6.07) is 22.1. The van der Waals surface area contributed by atoms with E-state index in [1.165, 1.54) is 30.3 Å². The van der Waals surface area contributed by atoms with Gasteiger partial charge in [-0.3, -0.25) is 4.79 Å². The van der Waals surface area contributed by atoms with Crippen LogP contribution in [0.15, 0.2) is 87.7 Å². The summed E-state index contributed by atoms with van der Waals surface area (Å²) in [7, 11) is -3.84. The number of carbonyl (C=O) groups is 1. The van der Waals surface area contributed by atoms with E-state index < -0.39 is 15.9 Å². The summed E-state index contributed by atoms with van der Waals surface area (Å²) in [5.41, 5.74) is 1.69. The standard InChI is InChI=1S/C23H18BrN3O4S/c24-19-6-11-22(31-15-16-4-2-1-3-5-16)17(13-19)12-18(14-25)23(28)27-20-7-9-21(10-8-20)32(26,29)30/h1-13H,15H2,(H,27,28)(H2,26,29,30)/b18-12+. The molecular weight excluding hydrogens is 494 g/mol. The van der Waals surface area contributed by atoms with Crippen LogP contribution in [0, 0.1) is 11.3 Å². The van der Waals surface area contributed by atoms with Crippen molar-refractivity contribution in [2.45, 2.75) is 11.5 Å². The summed E-state index contributed by atoms with van der Waals surface area (Å²) in [5.74, 6) is -0.139. The van der Waals surface area contributed by atoms with E-state index in [0.717, 1.165) is 10.0 Å². The number of anilines is 1. The van der Waals surface area contributed by atoms with Gasteiger partial charge in [0.1, 0.15) is 24.0 Å². The number of rotatable bonds is 7. The van der Waals surface area contributed by atoms with Crippen LogP contribution < -0.4 is 15.2 Å². The van der Waals surface area contributed by atoms with Crippen LogP contribution in [0.3, 0.4) is 0 Å². The molecule has 3 aromatic carbocycles. The number of sulfonamides is 1. The molecule has 0 saturated heterocycles. The number of hydrogen-bond donors (Lipinski definition) is 2. The lowest BCUT2D eigenvalue weighted by Crippen LogP contribution is -2.14. The first kappa shape index (κ1) is 23.2. The van der Waals surface area contributed by atoms with Crippen LogP contribution in [0.5, 0.6) is 5.75 Å². The molecule has 32 heavy (non-hydrogen) atoms. The molecule has 0 fully saturated rings. The Balaban J connectivity index is 1.81. The van der Waals surface area contributed by atoms with E-state index in [2.05, 4.69) is 21.2 Å². The second-order valence-corrected chi connectivity index (χ2v) is 9.13. The van der Waals surface area contributed by atoms with Gasteiger partial charge in [0.05, 0.1) is 4.90 Å². The normalized spacial score (nSPS) is 11.5. The first-order valence-electron chi connectivity index (χ1n) is 9.28. The van der Waals surface area contributed by atoms with Gasteiger partial charge in [0.15, 0.2) is 0 Å². The van der Waals surface area contributed by atoms with Gasteiger partial charge in [0, 0.05) is 15.7 Å². The van der Waals surface area contributed by atoms with Gasteiger partial charge < -0.3 is 10.1 Å². The molecule has 0 radical (unpaired) electrons. The Morgan fingerprint density at radius 2 is 1.78 bits per heavy atom. The van der Waals surface area contributed by atoms with Crippen molar-refractivity contribution in [3.8, 4) is 11.8 Å². The highest BCUT2D eigenvalue weighted by molar-refractivity contribution is 9.10. The molecule has 0 heterocycles. The van der Waals surface area contributed by atoms with Crippen LogP contribution in [-0.2, 0) is 21.4 Å². The van der Waals surface area contributed by atoms with E-state index >= 15 is 0 Å². The summed E-state index contributed by atoms with van der Waals surface area (Å²) in [5, 5.41) is 17.2. The number of benzene rings is 3. The molecule has 0 aliphatic rings. The lowest BCUT2D eigenvalue weighted by atomic mass is 10.1. The summed E-state index contributed by atoms with van der Waals surface area (Å²) < 4.78 is 29.3. The zero-order valence-electron chi connectivity index (χ0n) is 16.7. The number of primary sulfonamides is 1. The van der Waals surface area contributed by atoms with Crippen molar-refractivity contribution >= 4 is 43.6 Å². The lowest BCUT2D eigenvalue weighted by molar-refractivity contribution is -0.112. The molecule has 7 nitrogen and oxygen atoms in total. The quantitative estimate of drug-likeness (QED) is 0.363. The van der Waals surface area contributed by atoms with Crippen molar-refractivity contribution < 1.29 is 17.9 Å². The fourth-order valence-electron chi connectivity index (χ4n) is 2.73. The molecule has 9 heteroatoms. The lowest BCUT2D eigenvalue weighted by Gasteiger charge is -2.11. The maximum absolute atomic E-state index is 12.6. The minimum Gasteiger partial charge on any atom is -0.488 e. The molecule has 0 saturated carbocycles. The van der Waals surface area contributed by atoms with Gasteiger partial charge in [-0.05, 0) is 54.1 Å². The molecule has 0 aliphatic carbocycles. The number of carbonyl (C=O) groups excluding carboxylic acids is 1. The van der Waals surface area contributed by atoms with Gasteiger partial charge in [0.25, 0.3) is 5.91 Å². The molecule has 0 bridgehead atoms. The highest BCUT2D eigenvalue weighted by Crippen LogP contribution is 2.27. The third-order valence-corrected chi connectivity index (χ3v) is 5.74. The van der Waals surface area contributed by atoms with E-state index in [1.807, 2.05) is 36.4 Å². The van der Waals surface area contributed by atoms with Crippen molar-refractivity contribution in [2.24, 2.45) is 5.14 Å². The molecule has 0 aromatic heterocycles. The Morgan fingerprint density at radius 3 is 2.41 bits per heavy atom. The van der Waals surface area contributed by atoms with E-state index in [4.69, 9.17) is 9.88 Å². The summed E-state index contributed by atoms with van der Waals surface area (Å²) in [6.07, 6.45) is 1.43. The minimum atomic E-state index is -3.84. The maximum Gasteiger partial charge on any atom is 0.266 e. The fraction of sp³-hybridized carbons (Fsp3) is 0.0435. The van der Waals surface area contributed by atoms with E-state index in [9.17, 15) is 18.5 Å². The highest BCUT2D eigenvalue weighted by Gasteiger charge is 2.13. The number of halogens is 1. The third-order valence-electron chi connectivity index (χ3n) is 4.31. The van der Waals surface area contributed by atoms with Crippen molar-refractivity contribution in [1.82, 2.24) is 0 Å². The second kappa shape index (κ2) is 10.2. The molecular formula is C23H18BrN3O4S. The van der Waals surface area contributed by atoms with Gasteiger partial charge in [-0.1, -0.05) is 46.3 Å². The summed E-state index contributed by atoms with van der Waals surface area (Å²) >= 11 is 3.39. The second-order valence-electron chi connectivity index (χ2n) is 6.65. The molecule has 0 atom stereocenters. The number of nitriles is 1. The number of nitrogens with zero attached hydrogens (tertiary/aromatic N) is 1. The molecule has 0 spiro atoms. The van der Waals surface area contributed by atoms with Crippen molar-refractivity contribution in [3.63, 3.8) is 0 Å². The number of hydrogen-bond acceptors (Lipinski definition) is 5. The molecule has 3 N–H and O–H groups in total. The van der Waals surface area contributed by atoms with Gasteiger partial charge in [-0.2, -0.15) is 5.26 Å². The van der Waals surface area contributed by atoms with Crippen LogP contribution in [0.2, 0.25) is 0 Å². The molecule has 0 unspecified atom stereocenters. The molecule has 162 valence electrons. The average Bonchev–Trinajstić information content (AvgIpc) is 2.77.